The highest BCUT2D eigenvalue weighted by atomic mass is 19.1. The zero-order valence-corrected chi connectivity index (χ0v) is 18.1. The third-order valence-corrected chi connectivity index (χ3v) is 5.11. The van der Waals surface area contributed by atoms with Crippen LogP contribution in [0.25, 0.3) is 33.3 Å². The number of fused-ring (bicyclic) bond motifs is 1. The molecule has 4 rings (SSSR count). The normalized spacial score (nSPS) is 11.6. The summed E-state index contributed by atoms with van der Waals surface area (Å²) in [6.45, 7) is 4.76. The van der Waals surface area contributed by atoms with Gasteiger partial charge in [0.1, 0.15) is 18.0 Å². The summed E-state index contributed by atoms with van der Waals surface area (Å²) >= 11 is 0. The van der Waals surface area contributed by atoms with Gasteiger partial charge in [-0.3, -0.25) is 9.89 Å². The highest BCUT2D eigenvalue weighted by molar-refractivity contribution is 6.05. The van der Waals surface area contributed by atoms with Crippen molar-refractivity contribution in [2.75, 3.05) is 12.3 Å². The van der Waals surface area contributed by atoms with E-state index in [1.54, 1.807) is 24.4 Å². The van der Waals surface area contributed by atoms with Gasteiger partial charge in [0, 0.05) is 16.5 Å². The molecule has 4 aromatic rings. The molecule has 0 spiro atoms. The predicted octanol–water partition coefficient (Wildman–Crippen LogP) is 4.41. The number of ether oxygens (including phenoxy) is 1. The number of benzene rings is 2. The number of nitrogens with zero attached hydrogens (tertiary/aromatic N) is 2. The maximum atomic E-state index is 13.9. The number of primary amides is 1. The second-order valence-corrected chi connectivity index (χ2v) is 8.31. The number of nitrogen functional groups attached to an aromatic ring is 1. The summed E-state index contributed by atoms with van der Waals surface area (Å²) in [5, 5.41) is 7.94. The lowest BCUT2D eigenvalue weighted by Gasteiger charge is -2.17. The lowest BCUT2D eigenvalue weighted by Crippen LogP contribution is -2.22. The second kappa shape index (κ2) is 7.96. The molecule has 2 heterocycles. The molecule has 0 saturated carbocycles. The van der Waals surface area contributed by atoms with E-state index >= 15 is 0 Å². The van der Waals surface area contributed by atoms with Crippen LogP contribution in [0.15, 0.2) is 48.7 Å². The topological polar surface area (TPSA) is 120 Å². The van der Waals surface area contributed by atoms with Gasteiger partial charge in [0.2, 0.25) is 0 Å². The Morgan fingerprint density at radius 3 is 2.72 bits per heavy atom. The third-order valence-electron chi connectivity index (χ3n) is 5.11. The number of halogens is 1. The standard InChI is InChI=1S/C24H24FN5O2/c1-13-7-8-18-17(11-28-30-18)20(13)16-10-19(29-22(21(16)26)23(27)31)14-5-4-6-15(9-14)32-12-24(2,3)25/h4-11H,12,26H2,1-3H3,(H2,27,31)(H,28,30). The smallest absolute Gasteiger partial charge is 0.269 e. The molecule has 0 bridgehead atoms. The zero-order valence-electron chi connectivity index (χ0n) is 18.1. The number of hydrogen-bond acceptors (Lipinski definition) is 5. The molecule has 0 radical (unpaired) electrons. The Morgan fingerprint density at radius 1 is 1.22 bits per heavy atom. The molecule has 7 nitrogen and oxygen atoms in total. The van der Waals surface area contributed by atoms with E-state index in [-0.39, 0.29) is 18.0 Å². The van der Waals surface area contributed by atoms with Crippen molar-refractivity contribution in [1.29, 1.82) is 0 Å². The van der Waals surface area contributed by atoms with Gasteiger partial charge in [-0.1, -0.05) is 18.2 Å². The summed E-state index contributed by atoms with van der Waals surface area (Å²) in [6.07, 6.45) is 1.72. The van der Waals surface area contributed by atoms with Crippen LogP contribution in [0.2, 0.25) is 0 Å². The van der Waals surface area contributed by atoms with Crippen LogP contribution >= 0.6 is 0 Å². The Hall–Kier alpha value is -3.94. The molecule has 0 unspecified atom stereocenters. The number of hydrogen-bond donors (Lipinski definition) is 3. The zero-order chi connectivity index (χ0) is 23.0. The Bertz CT molecular complexity index is 1320. The molecule has 32 heavy (non-hydrogen) atoms. The van der Waals surface area contributed by atoms with E-state index in [1.165, 1.54) is 13.8 Å². The molecule has 0 aliphatic rings. The molecular formula is C24H24FN5O2. The molecule has 8 heteroatoms. The monoisotopic (exact) mass is 433 g/mol. The van der Waals surface area contributed by atoms with E-state index in [0.717, 1.165) is 22.0 Å². The van der Waals surface area contributed by atoms with Gasteiger partial charge in [-0.2, -0.15) is 5.10 Å². The number of nitrogens with two attached hydrogens (primary N) is 2. The van der Waals surface area contributed by atoms with E-state index in [9.17, 15) is 9.18 Å². The van der Waals surface area contributed by atoms with Gasteiger partial charge < -0.3 is 16.2 Å². The van der Waals surface area contributed by atoms with E-state index in [1.807, 2.05) is 31.2 Å². The Kier molecular flexibility index (Phi) is 5.30. The summed E-state index contributed by atoms with van der Waals surface area (Å²) in [5.74, 6) is -0.239. The average molecular weight is 433 g/mol. The van der Waals surface area contributed by atoms with Crippen molar-refractivity contribution in [2.45, 2.75) is 26.4 Å². The van der Waals surface area contributed by atoms with Crippen molar-refractivity contribution in [1.82, 2.24) is 15.2 Å². The van der Waals surface area contributed by atoms with Crippen molar-refractivity contribution >= 4 is 22.5 Å². The van der Waals surface area contributed by atoms with Crippen LogP contribution in [0.1, 0.15) is 29.9 Å². The molecule has 2 aromatic heterocycles. The molecule has 164 valence electrons. The van der Waals surface area contributed by atoms with Crippen molar-refractivity contribution in [2.24, 2.45) is 5.73 Å². The van der Waals surface area contributed by atoms with Crippen LogP contribution < -0.4 is 16.2 Å². The maximum absolute atomic E-state index is 13.9. The van der Waals surface area contributed by atoms with Crippen LogP contribution in [-0.4, -0.2) is 33.4 Å². The van der Waals surface area contributed by atoms with Crippen LogP contribution in [0.3, 0.4) is 0 Å². The first-order valence-corrected chi connectivity index (χ1v) is 10.1. The molecular weight excluding hydrogens is 409 g/mol. The van der Waals surface area contributed by atoms with Crippen LogP contribution in [0.4, 0.5) is 10.1 Å². The molecule has 2 aromatic carbocycles. The van der Waals surface area contributed by atoms with Crippen molar-refractivity contribution in [3.05, 3.63) is 59.9 Å². The van der Waals surface area contributed by atoms with E-state index < -0.39 is 11.6 Å². The van der Waals surface area contributed by atoms with E-state index in [4.69, 9.17) is 16.2 Å². The number of amides is 1. The van der Waals surface area contributed by atoms with Crippen molar-refractivity contribution in [3.63, 3.8) is 0 Å². The Morgan fingerprint density at radius 2 is 2.00 bits per heavy atom. The summed E-state index contributed by atoms with van der Waals surface area (Å²) in [6, 6.07) is 12.8. The number of anilines is 1. The van der Waals surface area contributed by atoms with Crippen LogP contribution in [0, 0.1) is 6.92 Å². The molecule has 1 amide bonds. The van der Waals surface area contributed by atoms with E-state index in [0.29, 0.717) is 22.6 Å². The minimum absolute atomic E-state index is 0.0198. The van der Waals surface area contributed by atoms with Gasteiger partial charge in [0.05, 0.1) is 23.1 Å². The van der Waals surface area contributed by atoms with Gasteiger partial charge in [-0.05, 0) is 56.2 Å². The van der Waals surface area contributed by atoms with Gasteiger partial charge in [0.15, 0.2) is 5.69 Å². The number of pyridine rings is 1. The number of rotatable bonds is 6. The Balaban J connectivity index is 1.89. The van der Waals surface area contributed by atoms with Crippen molar-refractivity contribution < 1.29 is 13.9 Å². The minimum atomic E-state index is -1.47. The average Bonchev–Trinajstić information content (AvgIpc) is 3.21. The number of aromatic amines is 1. The molecule has 0 aliphatic carbocycles. The van der Waals surface area contributed by atoms with Gasteiger partial charge in [-0.15, -0.1) is 0 Å². The number of H-pyrrole nitrogens is 1. The number of alkyl halides is 1. The third kappa shape index (κ3) is 4.12. The highest BCUT2D eigenvalue weighted by Crippen LogP contribution is 2.38. The molecule has 0 fully saturated rings. The van der Waals surface area contributed by atoms with Gasteiger partial charge >= 0.3 is 0 Å². The van der Waals surface area contributed by atoms with Crippen LogP contribution in [0.5, 0.6) is 5.75 Å². The lowest BCUT2D eigenvalue weighted by molar-refractivity contribution is 0.0996. The summed E-state index contributed by atoms with van der Waals surface area (Å²) in [7, 11) is 0. The summed E-state index contributed by atoms with van der Waals surface area (Å²) < 4.78 is 19.4. The quantitative estimate of drug-likeness (QED) is 0.416. The predicted molar refractivity (Wildman–Crippen MR) is 123 cm³/mol. The van der Waals surface area contributed by atoms with E-state index in [2.05, 4.69) is 15.2 Å². The fourth-order valence-electron chi connectivity index (χ4n) is 3.58. The molecule has 0 atom stereocenters. The number of aromatic nitrogens is 3. The first-order chi connectivity index (χ1) is 15.1. The fourth-order valence-corrected chi connectivity index (χ4v) is 3.58. The number of nitrogens with one attached hydrogen (secondary N) is 1. The lowest BCUT2D eigenvalue weighted by atomic mass is 9.94. The highest BCUT2D eigenvalue weighted by Gasteiger charge is 2.20. The maximum Gasteiger partial charge on any atom is 0.269 e. The first kappa shape index (κ1) is 21.3. The van der Waals surface area contributed by atoms with Gasteiger partial charge in [-0.25, -0.2) is 9.37 Å². The van der Waals surface area contributed by atoms with Crippen LogP contribution in [-0.2, 0) is 0 Å². The number of aryl methyl sites for hydroxylation is 1. The largest absolute Gasteiger partial charge is 0.490 e. The number of carbonyl (C=O) groups is 1. The number of carbonyl (C=O) groups excluding carboxylic acids is 1. The minimum Gasteiger partial charge on any atom is -0.490 e. The SMILES string of the molecule is Cc1ccc2[nH]ncc2c1-c1cc(-c2cccc(OCC(C)(C)F)c2)nc(C(N)=O)c1N. The molecule has 5 N–H and O–H groups in total. The van der Waals surface area contributed by atoms with Crippen molar-refractivity contribution in [3.8, 4) is 28.1 Å². The van der Waals surface area contributed by atoms with Gasteiger partial charge in [0.25, 0.3) is 5.91 Å². The molecule has 0 aliphatic heterocycles. The first-order valence-electron chi connectivity index (χ1n) is 10.1. The summed E-state index contributed by atoms with van der Waals surface area (Å²) in [4.78, 5) is 16.6. The second-order valence-electron chi connectivity index (χ2n) is 8.31. The molecule has 0 saturated heterocycles. The summed E-state index contributed by atoms with van der Waals surface area (Å²) in [5.41, 5.74) is 15.1. The fraction of sp³-hybridized carbons (Fsp3) is 0.208. The Labute approximate surface area is 184 Å².